The van der Waals surface area contributed by atoms with Crippen LogP contribution in [0.15, 0.2) is 60.7 Å². The van der Waals surface area contributed by atoms with Gasteiger partial charge in [0.15, 0.2) is 0 Å². The van der Waals surface area contributed by atoms with Gasteiger partial charge in [0.25, 0.3) is 0 Å². The van der Waals surface area contributed by atoms with Crippen molar-refractivity contribution in [1.82, 2.24) is 5.06 Å². The lowest BCUT2D eigenvalue weighted by atomic mass is 9.92. The fourth-order valence-corrected chi connectivity index (χ4v) is 2.85. The Morgan fingerprint density at radius 1 is 0.870 bits per heavy atom. The molecule has 2 aromatic rings. The summed E-state index contributed by atoms with van der Waals surface area (Å²) in [6, 6.07) is 21.2. The molecule has 0 amide bonds. The van der Waals surface area contributed by atoms with Crippen LogP contribution in [-0.4, -0.2) is 10.6 Å². The zero-order valence-corrected chi connectivity index (χ0v) is 15.0. The molecule has 2 rings (SSSR count). The Bertz CT molecular complexity index is 572. The van der Waals surface area contributed by atoms with E-state index in [0.717, 1.165) is 0 Å². The third-order valence-corrected chi connectivity index (χ3v) is 3.90. The van der Waals surface area contributed by atoms with E-state index in [0.29, 0.717) is 12.5 Å². The first-order chi connectivity index (χ1) is 10.9. The molecule has 0 spiro atoms. The lowest BCUT2D eigenvalue weighted by Crippen LogP contribution is -2.45. The first kappa shape index (κ1) is 17.7. The van der Waals surface area contributed by atoms with E-state index in [1.165, 1.54) is 11.1 Å². The molecule has 2 nitrogen and oxygen atoms in total. The summed E-state index contributed by atoms with van der Waals surface area (Å²) in [6.07, 6.45) is 0. The summed E-state index contributed by atoms with van der Waals surface area (Å²) in [4.78, 5) is 6.30. The highest BCUT2D eigenvalue weighted by Gasteiger charge is 2.33. The molecule has 0 aromatic heterocycles. The molecule has 1 unspecified atom stereocenters. The molecule has 1 atom stereocenters. The predicted octanol–water partition coefficient (Wildman–Crippen LogP) is 5.62. The van der Waals surface area contributed by atoms with Crippen LogP contribution in [0, 0.1) is 5.92 Å². The molecule has 0 aliphatic rings. The van der Waals surface area contributed by atoms with Crippen molar-refractivity contribution < 1.29 is 4.84 Å². The third kappa shape index (κ3) is 4.92. The van der Waals surface area contributed by atoms with E-state index >= 15 is 0 Å². The molecule has 0 heterocycles. The van der Waals surface area contributed by atoms with E-state index < -0.39 is 0 Å². The summed E-state index contributed by atoms with van der Waals surface area (Å²) in [5, 5.41) is 2.17. The number of benzene rings is 2. The van der Waals surface area contributed by atoms with E-state index in [1.807, 2.05) is 6.07 Å². The van der Waals surface area contributed by atoms with Gasteiger partial charge >= 0.3 is 0 Å². The highest BCUT2D eigenvalue weighted by atomic mass is 16.7. The molecular formula is C21H29NO. The van der Waals surface area contributed by atoms with E-state index in [4.69, 9.17) is 4.84 Å². The van der Waals surface area contributed by atoms with Gasteiger partial charge < -0.3 is 0 Å². The summed E-state index contributed by atoms with van der Waals surface area (Å²) in [5.74, 6) is 0.451. The van der Waals surface area contributed by atoms with Crippen molar-refractivity contribution in [3.8, 4) is 0 Å². The molecule has 0 fully saturated rings. The molecule has 2 heteroatoms. The Labute approximate surface area is 141 Å². The van der Waals surface area contributed by atoms with Gasteiger partial charge in [-0.15, -0.1) is 0 Å². The van der Waals surface area contributed by atoms with Crippen molar-refractivity contribution >= 4 is 0 Å². The van der Waals surface area contributed by atoms with E-state index in [1.54, 1.807) is 0 Å². The summed E-state index contributed by atoms with van der Waals surface area (Å²) in [6.45, 7) is 11.7. The Morgan fingerprint density at radius 3 is 1.87 bits per heavy atom. The van der Waals surface area contributed by atoms with Gasteiger partial charge in [-0.3, -0.25) is 4.84 Å². The van der Waals surface area contributed by atoms with Crippen molar-refractivity contribution in [2.75, 3.05) is 0 Å². The SMILES string of the molecule is CC(C)C(c1ccccc1)N(OCc1ccccc1)C(C)(C)C. The molecule has 23 heavy (non-hydrogen) atoms. The third-order valence-electron chi connectivity index (χ3n) is 3.90. The first-order valence-electron chi connectivity index (χ1n) is 8.40. The van der Waals surface area contributed by atoms with Gasteiger partial charge in [0.05, 0.1) is 12.6 Å². The summed E-state index contributed by atoms with van der Waals surface area (Å²) in [5.41, 5.74) is 2.40. The van der Waals surface area contributed by atoms with Crippen LogP contribution < -0.4 is 0 Å². The molecule has 0 saturated carbocycles. The van der Waals surface area contributed by atoms with Crippen molar-refractivity contribution in [3.63, 3.8) is 0 Å². The molecule has 2 aromatic carbocycles. The van der Waals surface area contributed by atoms with Crippen molar-refractivity contribution in [2.45, 2.75) is 52.8 Å². The molecule has 124 valence electrons. The zero-order valence-electron chi connectivity index (χ0n) is 15.0. The van der Waals surface area contributed by atoms with Crippen LogP contribution >= 0.6 is 0 Å². The van der Waals surface area contributed by atoms with Crippen LogP contribution in [0.25, 0.3) is 0 Å². The van der Waals surface area contributed by atoms with Crippen LogP contribution in [0.1, 0.15) is 51.8 Å². The normalized spacial score (nSPS) is 13.5. The van der Waals surface area contributed by atoms with Gasteiger partial charge in [-0.2, -0.15) is 5.06 Å². The minimum atomic E-state index is -0.0838. The number of hydroxylamine groups is 2. The standard InChI is InChI=1S/C21H29NO/c1-17(2)20(19-14-10-7-11-15-19)22(21(3,4)5)23-16-18-12-8-6-9-13-18/h6-15,17,20H,16H2,1-5H3. The molecular weight excluding hydrogens is 282 g/mol. The van der Waals surface area contributed by atoms with Gasteiger partial charge in [0.1, 0.15) is 0 Å². The highest BCUT2D eigenvalue weighted by molar-refractivity contribution is 5.20. The lowest BCUT2D eigenvalue weighted by molar-refractivity contribution is -0.254. The maximum atomic E-state index is 6.30. The number of nitrogens with zero attached hydrogens (tertiary/aromatic N) is 1. The van der Waals surface area contributed by atoms with Crippen molar-refractivity contribution in [2.24, 2.45) is 5.92 Å². The monoisotopic (exact) mass is 311 g/mol. The van der Waals surface area contributed by atoms with Crippen LogP contribution in [0.4, 0.5) is 0 Å². The fourth-order valence-electron chi connectivity index (χ4n) is 2.85. The van der Waals surface area contributed by atoms with E-state index in [2.05, 4.69) is 94.3 Å². The number of rotatable bonds is 6. The summed E-state index contributed by atoms with van der Waals surface area (Å²) >= 11 is 0. The minimum Gasteiger partial charge on any atom is -0.293 e. The molecule has 0 radical (unpaired) electrons. The second-order valence-electron chi connectivity index (χ2n) is 7.36. The van der Waals surface area contributed by atoms with E-state index in [9.17, 15) is 0 Å². The Balaban J connectivity index is 2.25. The largest absolute Gasteiger partial charge is 0.293 e. The summed E-state index contributed by atoms with van der Waals surface area (Å²) in [7, 11) is 0. The molecule has 0 N–H and O–H groups in total. The number of hydrogen-bond donors (Lipinski definition) is 0. The minimum absolute atomic E-state index is 0.0838. The van der Waals surface area contributed by atoms with Gasteiger partial charge in [-0.05, 0) is 37.8 Å². The molecule has 0 aliphatic heterocycles. The number of hydrogen-bond acceptors (Lipinski definition) is 2. The molecule has 0 saturated heterocycles. The fraction of sp³-hybridized carbons (Fsp3) is 0.429. The van der Waals surface area contributed by atoms with Crippen molar-refractivity contribution in [1.29, 1.82) is 0 Å². The Morgan fingerprint density at radius 2 is 1.39 bits per heavy atom. The van der Waals surface area contributed by atoms with Crippen molar-refractivity contribution in [3.05, 3.63) is 71.8 Å². The average molecular weight is 311 g/mol. The van der Waals surface area contributed by atoms with Gasteiger partial charge in [0, 0.05) is 5.54 Å². The lowest BCUT2D eigenvalue weighted by Gasteiger charge is -2.42. The topological polar surface area (TPSA) is 12.5 Å². The summed E-state index contributed by atoms with van der Waals surface area (Å²) < 4.78 is 0. The second-order valence-corrected chi connectivity index (χ2v) is 7.36. The smallest absolute Gasteiger partial charge is 0.0936 e. The maximum absolute atomic E-state index is 6.30. The van der Waals surface area contributed by atoms with Gasteiger partial charge in [-0.25, -0.2) is 0 Å². The first-order valence-corrected chi connectivity index (χ1v) is 8.40. The van der Waals surface area contributed by atoms with Gasteiger partial charge in [-0.1, -0.05) is 74.5 Å². The average Bonchev–Trinajstić information content (AvgIpc) is 2.51. The second kappa shape index (κ2) is 7.76. The zero-order chi connectivity index (χ0) is 16.9. The van der Waals surface area contributed by atoms with E-state index in [-0.39, 0.29) is 11.6 Å². The Kier molecular flexibility index (Phi) is 5.97. The van der Waals surface area contributed by atoms with Crippen LogP contribution in [0.5, 0.6) is 0 Å². The van der Waals surface area contributed by atoms with Crippen LogP contribution in [-0.2, 0) is 11.4 Å². The van der Waals surface area contributed by atoms with Crippen LogP contribution in [0.2, 0.25) is 0 Å². The Hall–Kier alpha value is -1.64. The predicted molar refractivity (Wildman–Crippen MR) is 96.8 cm³/mol. The van der Waals surface area contributed by atoms with Gasteiger partial charge in [0.2, 0.25) is 0 Å². The quantitative estimate of drug-likeness (QED) is 0.642. The van der Waals surface area contributed by atoms with Crippen LogP contribution in [0.3, 0.4) is 0 Å². The molecule has 0 aliphatic carbocycles. The highest BCUT2D eigenvalue weighted by Crippen LogP contribution is 2.34. The molecule has 0 bridgehead atoms. The maximum Gasteiger partial charge on any atom is 0.0936 e.